The van der Waals surface area contributed by atoms with Crippen molar-refractivity contribution in [2.75, 3.05) is 13.2 Å². The van der Waals surface area contributed by atoms with E-state index in [0.717, 1.165) is 43.9 Å². The van der Waals surface area contributed by atoms with Gasteiger partial charge in [0.25, 0.3) is 0 Å². The quantitative estimate of drug-likeness (QED) is 0.0617. The number of ether oxygens (including phenoxy) is 2. The molecule has 0 saturated carbocycles. The average Bonchev–Trinajstić information content (AvgIpc) is 2.97. The third-order valence-electron chi connectivity index (χ3n) is 8.56. The summed E-state index contributed by atoms with van der Waals surface area (Å²) in [6.07, 6.45) is 30.2. The molecule has 0 aliphatic rings. The normalized spacial score (nSPS) is 12.9. The van der Waals surface area contributed by atoms with E-state index in [2.05, 4.69) is 27.7 Å². The highest BCUT2D eigenvalue weighted by Crippen LogP contribution is 2.16. The van der Waals surface area contributed by atoms with Crippen LogP contribution in [0.5, 0.6) is 0 Å². The first-order valence-corrected chi connectivity index (χ1v) is 18.3. The fourth-order valence-electron chi connectivity index (χ4n) is 5.36. The summed E-state index contributed by atoms with van der Waals surface area (Å²) in [5.74, 6) is 1.13. The molecule has 1 unspecified atom stereocenters. The molecule has 0 aromatic rings. The Bertz CT molecular complexity index is 591. The number of aliphatic hydroxyl groups excluding tert-OH is 1. The highest BCUT2D eigenvalue weighted by atomic mass is 16.6. The van der Waals surface area contributed by atoms with Crippen molar-refractivity contribution in [1.82, 2.24) is 0 Å². The number of aliphatic hydroxyl groups is 1. The molecule has 2 atom stereocenters. The summed E-state index contributed by atoms with van der Waals surface area (Å²) < 4.78 is 10.3. The van der Waals surface area contributed by atoms with Gasteiger partial charge in [0, 0.05) is 12.8 Å². The fraction of sp³-hybridized carbons (Fsp3) is 0.946. The molecule has 0 saturated heterocycles. The van der Waals surface area contributed by atoms with Gasteiger partial charge < -0.3 is 14.6 Å². The van der Waals surface area contributed by atoms with Crippen LogP contribution in [0.2, 0.25) is 0 Å². The van der Waals surface area contributed by atoms with Gasteiger partial charge in [-0.25, -0.2) is 0 Å². The van der Waals surface area contributed by atoms with E-state index in [-0.39, 0.29) is 25.2 Å². The van der Waals surface area contributed by atoms with Crippen LogP contribution in [0.15, 0.2) is 0 Å². The molecule has 0 fully saturated rings. The molecule has 0 aliphatic heterocycles. The Morgan fingerprint density at radius 3 is 1.14 bits per heavy atom. The monoisotopic (exact) mass is 597 g/mol. The molecule has 5 nitrogen and oxygen atoms in total. The van der Waals surface area contributed by atoms with Gasteiger partial charge in [0.2, 0.25) is 0 Å². The minimum atomic E-state index is -0.956. The van der Waals surface area contributed by atoms with Gasteiger partial charge in [-0.15, -0.1) is 0 Å². The number of hydrogen-bond acceptors (Lipinski definition) is 5. The Balaban J connectivity index is 3.39. The average molecular weight is 597 g/mol. The second-order valence-corrected chi connectivity index (χ2v) is 13.4. The van der Waals surface area contributed by atoms with E-state index in [1.165, 1.54) is 122 Å². The van der Waals surface area contributed by atoms with Gasteiger partial charge in [-0.2, -0.15) is 0 Å². The Morgan fingerprint density at radius 1 is 0.500 bits per heavy atom. The predicted molar refractivity (Wildman–Crippen MR) is 178 cm³/mol. The van der Waals surface area contributed by atoms with Crippen molar-refractivity contribution in [2.45, 2.75) is 201 Å². The van der Waals surface area contributed by atoms with Crippen LogP contribution in [0.1, 0.15) is 195 Å². The van der Waals surface area contributed by atoms with Gasteiger partial charge in [0.1, 0.15) is 19.3 Å². The highest BCUT2D eigenvalue weighted by molar-refractivity contribution is 5.69. The predicted octanol–water partition coefficient (Wildman–Crippen LogP) is 10.9. The van der Waals surface area contributed by atoms with E-state index in [9.17, 15) is 14.7 Å². The molecule has 0 rings (SSSR count). The second kappa shape index (κ2) is 31.3. The van der Waals surface area contributed by atoms with E-state index in [1.54, 1.807) is 0 Å². The summed E-state index contributed by atoms with van der Waals surface area (Å²) in [5, 5.41) is 9.97. The molecule has 0 aromatic carbocycles. The molecular weight excluding hydrogens is 524 g/mol. The Labute approximate surface area is 261 Å². The van der Waals surface area contributed by atoms with Crippen LogP contribution in [-0.4, -0.2) is 36.4 Å². The maximum Gasteiger partial charge on any atom is 0.305 e. The maximum absolute atomic E-state index is 11.9. The lowest BCUT2D eigenvalue weighted by Gasteiger charge is -2.12. The van der Waals surface area contributed by atoms with Gasteiger partial charge in [0.05, 0.1) is 0 Å². The molecule has 0 aromatic heterocycles. The zero-order chi connectivity index (χ0) is 31.1. The molecule has 1 N–H and O–H groups in total. The molecule has 0 bridgehead atoms. The summed E-state index contributed by atoms with van der Waals surface area (Å²) in [6.45, 7) is 8.98. The van der Waals surface area contributed by atoms with E-state index < -0.39 is 6.10 Å². The van der Waals surface area contributed by atoms with Crippen molar-refractivity contribution in [1.29, 1.82) is 0 Å². The molecule has 0 aliphatic carbocycles. The molecule has 0 spiro atoms. The molecule has 0 radical (unpaired) electrons. The van der Waals surface area contributed by atoms with Crippen molar-refractivity contribution in [3.05, 3.63) is 0 Å². The van der Waals surface area contributed by atoms with Gasteiger partial charge in [-0.05, 0) is 24.7 Å². The van der Waals surface area contributed by atoms with Crippen LogP contribution in [0, 0.1) is 11.8 Å². The number of esters is 2. The molecule has 250 valence electrons. The van der Waals surface area contributed by atoms with Crippen LogP contribution in [0.25, 0.3) is 0 Å². The number of carbonyl (C=O) groups excluding carboxylic acids is 2. The number of rotatable bonds is 32. The largest absolute Gasteiger partial charge is 0.463 e. The minimum Gasteiger partial charge on any atom is -0.463 e. The van der Waals surface area contributed by atoms with Gasteiger partial charge in [-0.3, -0.25) is 9.59 Å². The van der Waals surface area contributed by atoms with E-state index >= 15 is 0 Å². The lowest BCUT2D eigenvalue weighted by Crippen LogP contribution is -2.25. The van der Waals surface area contributed by atoms with Crippen molar-refractivity contribution >= 4 is 11.9 Å². The Hall–Kier alpha value is -1.10. The van der Waals surface area contributed by atoms with Crippen LogP contribution < -0.4 is 0 Å². The van der Waals surface area contributed by atoms with Crippen LogP contribution >= 0.6 is 0 Å². The van der Waals surface area contributed by atoms with Crippen molar-refractivity contribution in [3.8, 4) is 0 Å². The third kappa shape index (κ3) is 31.8. The zero-order valence-corrected chi connectivity index (χ0v) is 28.6. The molecule has 0 amide bonds. The number of unbranched alkanes of at least 4 members (excludes halogenated alkanes) is 19. The maximum atomic E-state index is 11.9. The van der Waals surface area contributed by atoms with Gasteiger partial charge in [-0.1, -0.05) is 169 Å². The first-order chi connectivity index (χ1) is 20.3. The Kier molecular flexibility index (Phi) is 30.5. The molecule has 42 heavy (non-hydrogen) atoms. The number of hydrogen-bond donors (Lipinski definition) is 1. The summed E-state index contributed by atoms with van der Waals surface area (Å²) in [4.78, 5) is 23.8. The molecule has 5 heteroatoms. The number of carbonyl (C=O) groups is 2. The molecular formula is C37H72O5. The standard InChI is InChI=1S/C37H72O5/c1-5-34(4)28-24-20-17-18-22-26-30-37(40)42-32-35(38)31-41-36(39)29-25-21-16-14-12-10-8-6-7-9-11-13-15-19-23-27-33(2)3/h33-35,38H,5-32H2,1-4H3/t34?,35-/m1/s1. The lowest BCUT2D eigenvalue weighted by molar-refractivity contribution is -0.152. The first-order valence-electron chi connectivity index (χ1n) is 18.3. The smallest absolute Gasteiger partial charge is 0.305 e. The second-order valence-electron chi connectivity index (χ2n) is 13.4. The highest BCUT2D eigenvalue weighted by Gasteiger charge is 2.12. The first kappa shape index (κ1) is 40.9. The fourth-order valence-corrected chi connectivity index (χ4v) is 5.36. The van der Waals surface area contributed by atoms with Crippen LogP contribution in [0.3, 0.4) is 0 Å². The van der Waals surface area contributed by atoms with Gasteiger partial charge >= 0.3 is 11.9 Å². The van der Waals surface area contributed by atoms with Crippen molar-refractivity contribution < 1.29 is 24.2 Å². The Morgan fingerprint density at radius 2 is 0.810 bits per heavy atom. The SMILES string of the molecule is CCC(C)CCCCCCCCC(=O)OC[C@H](O)COC(=O)CCCCCCCCCCCCCCCCCC(C)C. The van der Waals surface area contributed by atoms with Crippen molar-refractivity contribution in [3.63, 3.8) is 0 Å². The summed E-state index contributed by atoms with van der Waals surface area (Å²) in [7, 11) is 0. The van der Waals surface area contributed by atoms with Gasteiger partial charge in [0.15, 0.2) is 0 Å². The third-order valence-corrected chi connectivity index (χ3v) is 8.56. The summed E-state index contributed by atoms with van der Waals surface area (Å²) >= 11 is 0. The van der Waals surface area contributed by atoms with E-state index in [4.69, 9.17) is 9.47 Å². The molecule has 0 heterocycles. The topological polar surface area (TPSA) is 72.8 Å². The van der Waals surface area contributed by atoms with E-state index in [0.29, 0.717) is 12.8 Å². The van der Waals surface area contributed by atoms with E-state index in [1.807, 2.05) is 0 Å². The van der Waals surface area contributed by atoms with Crippen LogP contribution in [0.4, 0.5) is 0 Å². The van der Waals surface area contributed by atoms with Crippen molar-refractivity contribution in [2.24, 2.45) is 11.8 Å². The lowest BCUT2D eigenvalue weighted by atomic mass is 10.00. The minimum absolute atomic E-state index is 0.110. The zero-order valence-electron chi connectivity index (χ0n) is 28.6. The summed E-state index contributed by atoms with van der Waals surface area (Å²) in [5.41, 5.74) is 0. The summed E-state index contributed by atoms with van der Waals surface area (Å²) in [6, 6.07) is 0. The van der Waals surface area contributed by atoms with Crippen LogP contribution in [-0.2, 0) is 19.1 Å².